The minimum atomic E-state index is -2.45. The van der Waals surface area contributed by atoms with Crippen LogP contribution in [0.2, 0.25) is 13.3 Å². The minimum absolute atomic E-state index is 0.0736. The summed E-state index contributed by atoms with van der Waals surface area (Å²) in [4.78, 5) is 19.7. The van der Waals surface area contributed by atoms with Gasteiger partial charge in [-0.3, -0.25) is 0 Å². The molecule has 1 aromatic heterocycles. The molecule has 1 heterocycles. The molecule has 0 aliphatic rings. The van der Waals surface area contributed by atoms with Crippen LogP contribution in [0.1, 0.15) is 83.6 Å². The molecule has 1 N–H and O–H groups in total. The summed E-state index contributed by atoms with van der Waals surface area (Å²) < 4.78 is 6.08. The van der Waals surface area contributed by atoms with Crippen LogP contribution in [0.5, 0.6) is 0 Å². The summed E-state index contributed by atoms with van der Waals surface area (Å²) in [7, 11) is 0. The molecule has 1 amide bonds. The van der Waals surface area contributed by atoms with E-state index in [9.17, 15) is 4.79 Å². The second-order valence-corrected chi connectivity index (χ2v) is 22.7. The molecular weight excluding hydrogens is 513 g/mol. The zero-order chi connectivity index (χ0) is 24.1. The van der Waals surface area contributed by atoms with Gasteiger partial charge >= 0.3 is 194 Å². The Hall–Kier alpha value is -1.14. The number of unbranched alkanes of at least 4 members (excludes halogenated alkanes) is 3. The van der Waals surface area contributed by atoms with E-state index in [1.54, 1.807) is 3.58 Å². The van der Waals surface area contributed by atoms with Gasteiger partial charge in [0.1, 0.15) is 0 Å². The fraction of sp³-hybridized carbons (Fsp3) is 0.643. The molecule has 4 nitrogen and oxygen atoms in total. The second kappa shape index (κ2) is 15.0. The molecule has 0 spiro atoms. The van der Waals surface area contributed by atoms with E-state index in [1.807, 2.05) is 6.07 Å². The third kappa shape index (κ3) is 8.24. The molecule has 0 saturated heterocycles. The number of rotatable bonds is 16. The monoisotopic (exact) mass is 561 g/mol. The second-order valence-electron chi connectivity index (χ2n) is 9.48. The zero-order valence-corrected chi connectivity index (χ0v) is 24.7. The fourth-order valence-electron chi connectivity index (χ4n) is 4.89. The fourth-order valence-corrected chi connectivity index (χ4v) is 20.9. The van der Waals surface area contributed by atoms with Crippen LogP contribution in [0.15, 0.2) is 30.3 Å². The first-order valence-electron chi connectivity index (χ1n) is 13.4. The average Bonchev–Trinajstić information content (AvgIpc) is 2.85. The Morgan fingerprint density at radius 1 is 0.879 bits per heavy atom. The van der Waals surface area contributed by atoms with E-state index < -0.39 is 18.4 Å². The summed E-state index contributed by atoms with van der Waals surface area (Å²) in [5.41, 5.74) is 1.46. The number of nitrogens with one attached hydrogen (secondary N) is 1. The zero-order valence-electron chi connectivity index (χ0n) is 21.9. The molecule has 0 saturated carbocycles. The number of fused-ring (bicyclic) bond motifs is 1. The molecule has 0 fully saturated rings. The van der Waals surface area contributed by atoms with Crippen molar-refractivity contribution in [3.63, 3.8) is 0 Å². The Balaban J connectivity index is 2.25. The van der Waals surface area contributed by atoms with Gasteiger partial charge in [0.15, 0.2) is 0 Å². The van der Waals surface area contributed by atoms with Crippen molar-refractivity contribution in [1.82, 2.24) is 15.2 Å². The molecule has 0 aliphatic heterocycles. The van der Waals surface area contributed by atoms with E-state index in [0.29, 0.717) is 12.2 Å². The maximum atomic E-state index is 12.6. The van der Waals surface area contributed by atoms with Gasteiger partial charge in [0.2, 0.25) is 0 Å². The molecule has 5 heteroatoms. The van der Waals surface area contributed by atoms with Crippen LogP contribution in [0.25, 0.3) is 10.9 Å². The first-order valence-corrected chi connectivity index (χ1v) is 20.9. The normalized spacial score (nSPS) is 11.9. The summed E-state index contributed by atoms with van der Waals surface area (Å²) in [5, 5.41) is 4.23. The molecule has 2 rings (SSSR count). The Labute approximate surface area is 206 Å². The summed E-state index contributed by atoms with van der Waals surface area (Å²) in [6.07, 6.45) is 7.97. The number of aromatic nitrogens is 1. The summed E-state index contributed by atoms with van der Waals surface area (Å²) >= 11 is -2.45. The molecule has 0 bridgehead atoms. The van der Waals surface area contributed by atoms with Gasteiger partial charge in [-0.1, -0.05) is 13.8 Å². The summed E-state index contributed by atoms with van der Waals surface area (Å²) in [6, 6.07) is 11.0. The van der Waals surface area contributed by atoms with E-state index in [-0.39, 0.29) is 5.91 Å². The Kier molecular flexibility index (Phi) is 12.8. The number of carbonyl (C=O) groups excluding carboxylic acids is 1. The third-order valence-electron chi connectivity index (χ3n) is 7.17. The predicted molar refractivity (Wildman–Crippen MR) is 146 cm³/mol. The molecule has 0 radical (unpaired) electrons. The summed E-state index contributed by atoms with van der Waals surface area (Å²) in [5.74, 6) is -0.0736. The molecule has 2 aromatic rings. The standard InChI is InChI=1S/C16H20N3O.3C4H9.Sn/c1-3-19(4-2)12-11-17-16(20)15-10-9-13-7-5-6-8-14(13)18-15;3*1-3-4-2;/h6-10H,3-4,11-12H2,1-2H3,(H,17,20);3*1,3-4H2,2H3;. The van der Waals surface area contributed by atoms with Crippen LogP contribution < -0.4 is 8.90 Å². The van der Waals surface area contributed by atoms with Gasteiger partial charge in [-0.15, -0.1) is 0 Å². The molecule has 184 valence electrons. The average molecular weight is 560 g/mol. The van der Waals surface area contributed by atoms with E-state index in [4.69, 9.17) is 4.98 Å². The van der Waals surface area contributed by atoms with Crippen LogP contribution >= 0.6 is 0 Å². The van der Waals surface area contributed by atoms with Gasteiger partial charge in [-0.25, -0.2) is 0 Å². The number of amides is 1. The van der Waals surface area contributed by atoms with Crippen LogP contribution in [-0.4, -0.2) is 60.3 Å². The molecule has 0 aliphatic carbocycles. The first kappa shape index (κ1) is 28.1. The van der Waals surface area contributed by atoms with Gasteiger partial charge in [-0.2, -0.15) is 0 Å². The predicted octanol–water partition coefficient (Wildman–Crippen LogP) is 6.36. The quantitative estimate of drug-likeness (QED) is 0.243. The van der Waals surface area contributed by atoms with Gasteiger partial charge in [0, 0.05) is 0 Å². The Bertz CT molecular complexity index is 828. The van der Waals surface area contributed by atoms with Crippen LogP contribution in [0.3, 0.4) is 0 Å². The molecule has 0 unspecified atom stereocenters. The van der Waals surface area contributed by atoms with Gasteiger partial charge in [-0.05, 0) is 0 Å². The van der Waals surface area contributed by atoms with E-state index in [2.05, 4.69) is 69.1 Å². The number of hydrogen-bond donors (Lipinski definition) is 1. The van der Waals surface area contributed by atoms with E-state index in [0.717, 1.165) is 25.2 Å². The number of hydrogen-bond acceptors (Lipinski definition) is 3. The number of pyridine rings is 1. The van der Waals surface area contributed by atoms with Crippen molar-refractivity contribution in [3.8, 4) is 0 Å². The van der Waals surface area contributed by atoms with E-state index in [1.165, 1.54) is 57.2 Å². The van der Waals surface area contributed by atoms with Gasteiger partial charge in [0.25, 0.3) is 0 Å². The summed E-state index contributed by atoms with van der Waals surface area (Å²) in [6.45, 7) is 14.8. The van der Waals surface area contributed by atoms with Crippen molar-refractivity contribution >= 4 is 38.8 Å². The van der Waals surface area contributed by atoms with Crippen LogP contribution in [0, 0.1) is 0 Å². The topological polar surface area (TPSA) is 45.2 Å². The third-order valence-corrected chi connectivity index (χ3v) is 22.8. The SMILES string of the molecule is CCC[CH2][Sn]([CH2]CCC)([CH2]CCC)[c]1ccc2nc(C(=O)NCCN(CC)CC)ccc2c1. The van der Waals surface area contributed by atoms with E-state index >= 15 is 0 Å². The molecule has 0 atom stereocenters. The number of carbonyl (C=O) groups is 1. The van der Waals surface area contributed by atoms with Gasteiger partial charge in [0.05, 0.1) is 0 Å². The van der Waals surface area contributed by atoms with Crippen molar-refractivity contribution in [2.75, 3.05) is 26.2 Å². The van der Waals surface area contributed by atoms with Crippen molar-refractivity contribution in [1.29, 1.82) is 0 Å². The van der Waals surface area contributed by atoms with Crippen LogP contribution in [0.4, 0.5) is 0 Å². The molecule has 1 aromatic carbocycles. The van der Waals surface area contributed by atoms with Crippen molar-refractivity contribution in [2.24, 2.45) is 0 Å². The molecular formula is C28H47N3OSn. The first-order chi connectivity index (χ1) is 16.0. The number of benzene rings is 1. The Morgan fingerprint density at radius 2 is 1.48 bits per heavy atom. The number of likely N-dealkylation sites (N-methyl/N-ethyl adjacent to an activating group) is 1. The van der Waals surface area contributed by atoms with Crippen molar-refractivity contribution in [2.45, 2.75) is 86.5 Å². The van der Waals surface area contributed by atoms with Gasteiger partial charge < -0.3 is 0 Å². The Morgan fingerprint density at radius 3 is 2.03 bits per heavy atom. The maximum absolute atomic E-state index is 12.6. The van der Waals surface area contributed by atoms with Crippen molar-refractivity contribution in [3.05, 3.63) is 36.0 Å². The molecule has 33 heavy (non-hydrogen) atoms. The number of nitrogens with zero attached hydrogens (tertiary/aromatic N) is 2. The van der Waals surface area contributed by atoms with Crippen LogP contribution in [-0.2, 0) is 0 Å². The van der Waals surface area contributed by atoms with Crippen molar-refractivity contribution < 1.29 is 4.79 Å².